The summed E-state index contributed by atoms with van der Waals surface area (Å²) >= 11 is 5.97. The summed E-state index contributed by atoms with van der Waals surface area (Å²) in [7, 11) is 1.96. The van der Waals surface area contributed by atoms with Crippen LogP contribution in [0.15, 0.2) is 28.8 Å². The molecule has 0 amide bonds. The van der Waals surface area contributed by atoms with Gasteiger partial charge in [0, 0.05) is 23.0 Å². The smallest absolute Gasteiger partial charge is 0.228 e. The Morgan fingerprint density at radius 1 is 1.35 bits per heavy atom. The van der Waals surface area contributed by atoms with Crippen molar-refractivity contribution in [1.82, 2.24) is 15.5 Å². The van der Waals surface area contributed by atoms with Crippen LogP contribution in [0.25, 0.3) is 11.4 Å². The highest BCUT2D eigenvalue weighted by Crippen LogP contribution is 2.20. The van der Waals surface area contributed by atoms with Crippen LogP contribution in [0.5, 0.6) is 0 Å². The number of hydrogen-bond acceptors (Lipinski definition) is 4. The lowest BCUT2D eigenvalue weighted by atomic mass is 10.0. The molecule has 0 fully saturated rings. The van der Waals surface area contributed by atoms with Crippen LogP contribution in [0, 0.1) is 5.92 Å². The molecule has 0 saturated heterocycles. The molecule has 0 spiro atoms. The van der Waals surface area contributed by atoms with E-state index in [1.807, 2.05) is 31.3 Å². The van der Waals surface area contributed by atoms with Crippen LogP contribution in [-0.4, -0.2) is 23.2 Å². The number of hydrogen-bond donors (Lipinski definition) is 1. The third-order valence-corrected chi connectivity index (χ3v) is 3.37. The van der Waals surface area contributed by atoms with Crippen molar-refractivity contribution >= 4 is 11.6 Å². The molecule has 1 atom stereocenters. The van der Waals surface area contributed by atoms with Crippen LogP contribution in [0.3, 0.4) is 0 Å². The molecule has 1 aromatic carbocycles. The summed E-state index contributed by atoms with van der Waals surface area (Å²) in [6.07, 6.45) is 1.81. The van der Waals surface area contributed by atoms with Gasteiger partial charge in [0.1, 0.15) is 0 Å². The van der Waals surface area contributed by atoms with E-state index in [0.717, 1.165) is 18.4 Å². The van der Waals surface area contributed by atoms with Gasteiger partial charge >= 0.3 is 0 Å². The van der Waals surface area contributed by atoms with Gasteiger partial charge in [-0.3, -0.25) is 0 Å². The predicted octanol–water partition coefficient (Wildman–Crippen LogP) is 3.57. The molecule has 20 heavy (non-hydrogen) atoms. The van der Waals surface area contributed by atoms with Gasteiger partial charge < -0.3 is 9.84 Å². The molecular weight excluding hydrogens is 274 g/mol. The number of benzene rings is 1. The van der Waals surface area contributed by atoms with Crippen molar-refractivity contribution in [2.24, 2.45) is 5.92 Å². The molecular formula is C15H20ClN3O. The Balaban J connectivity index is 2.09. The second kappa shape index (κ2) is 6.86. The summed E-state index contributed by atoms with van der Waals surface area (Å²) in [5.74, 6) is 1.87. The van der Waals surface area contributed by atoms with Gasteiger partial charge in [-0.2, -0.15) is 4.98 Å². The van der Waals surface area contributed by atoms with Gasteiger partial charge in [0.05, 0.1) is 0 Å². The minimum absolute atomic E-state index is 0.350. The van der Waals surface area contributed by atoms with Crippen molar-refractivity contribution in [3.8, 4) is 11.4 Å². The van der Waals surface area contributed by atoms with E-state index in [0.29, 0.717) is 28.7 Å². The van der Waals surface area contributed by atoms with Gasteiger partial charge in [0.25, 0.3) is 0 Å². The fraction of sp³-hybridized carbons (Fsp3) is 0.467. The van der Waals surface area contributed by atoms with Crippen molar-refractivity contribution in [3.63, 3.8) is 0 Å². The molecule has 0 saturated carbocycles. The van der Waals surface area contributed by atoms with Crippen LogP contribution in [0.1, 0.15) is 26.2 Å². The molecule has 0 aliphatic heterocycles. The van der Waals surface area contributed by atoms with Crippen molar-refractivity contribution in [3.05, 3.63) is 35.2 Å². The Kier molecular flexibility index (Phi) is 5.15. The van der Waals surface area contributed by atoms with E-state index in [9.17, 15) is 0 Å². The van der Waals surface area contributed by atoms with Gasteiger partial charge in [0.2, 0.25) is 11.7 Å². The Bertz CT molecular complexity index is 554. The Morgan fingerprint density at radius 2 is 2.15 bits per heavy atom. The zero-order valence-electron chi connectivity index (χ0n) is 12.1. The molecule has 108 valence electrons. The quantitative estimate of drug-likeness (QED) is 0.884. The molecule has 0 bridgehead atoms. The van der Waals surface area contributed by atoms with E-state index in [1.54, 1.807) is 0 Å². The van der Waals surface area contributed by atoms with E-state index < -0.39 is 0 Å². The van der Waals surface area contributed by atoms with E-state index in [1.165, 1.54) is 0 Å². The number of nitrogens with zero attached hydrogens (tertiary/aromatic N) is 2. The summed E-state index contributed by atoms with van der Waals surface area (Å²) < 4.78 is 5.33. The zero-order valence-corrected chi connectivity index (χ0v) is 12.8. The monoisotopic (exact) mass is 293 g/mol. The van der Waals surface area contributed by atoms with E-state index in [4.69, 9.17) is 16.1 Å². The lowest BCUT2D eigenvalue weighted by Gasteiger charge is -2.15. The maximum absolute atomic E-state index is 5.97. The maximum Gasteiger partial charge on any atom is 0.228 e. The Hall–Kier alpha value is -1.39. The third kappa shape index (κ3) is 4.05. The first-order valence-electron chi connectivity index (χ1n) is 6.84. The van der Waals surface area contributed by atoms with Gasteiger partial charge in [0.15, 0.2) is 0 Å². The van der Waals surface area contributed by atoms with Gasteiger partial charge in [-0.1, -0.05) is 42.7 Å². The molecule has 1 N–H and O–H groups in total. The normalized spacial score (nSPS) is 12.8. The second-order valence-corrected chi connectivity index (χ2v) is 5.78. The number of aromatic nitrogens is 2. The molecule has 5 heteroatoms. The Labute approximate surface area is 124 Å². The van der Waals surface area contributed by atoms with Crippen LogP contribution >= 0.6 is 11.6 Å². The lowest BCUT2D eigenvalue weighted by molar-refractivity contribution is 0.345. The first-order chi connectivity index (χ1) is 9.58. The van der Waals surface area contributed by atoms with Crippen LogP contribution in [0.2, 0.25) is 5.02 Å². The Morgan fingerprint density at radius 3 is 2.80 bits per heavy atom. The molecule has 4 nitrogen and oxygen atoms in total. The predicted molar refractivity (Wildman–Crippen MR) is 80.8 cm³/mol. The molecule has 2 aromatic rings. The minimum atomic E-state index is 0.350. The minimum Gasteiger partial charge on any atom is -0.339 e. The standard InChI is InChI=1S/C15H20ClN3O/c1-10(2)7-13(17-3)9-14-18-15(19-20-14)11-5-4-6-12(16)8-11/h4-6,8,10,13,17H,7,9H2,1-3H3. The van der Waals surface area contributed by atoms with Crippen LogP contribution in [0.4, 0.5) is 0 Å². The fourth-order valence-corrected chi connectivity index (χ4v) is 2.36. The SMILES string of the molecule is CNC(Cc1nc(-c2cccc(Cl)c2)no1)CC(C)C. The zero-order chi connectivity index (χ0) is 14.5. The number of halogens is 1. The second-order valence-electron chi connectivity index (χ2n) is 5.34. The lowest BCUT2D eigenvalue weighted by Crippen LogP contribution is -2.29. The van der Waals surface area contributed by atoms with E-state index >= 15 is 0 Å². The highest BCUT2D eigenvalue weighted by molar-refractivity contribution is 6.30. The molecule has 2 rings (SSSR count). The van der Waals surface area contributed by atoms with Crippen LogP contribution in [-0.2, 0) is 6.42 Å². The summed E-state index contributed by atoms with van der Waals surface area (Å²) in [6, 6.07) is 7.81. The molecule has 1 aromatic heterocycles. The van der Waals surface area contributed by atoms with E-state index in [-0.39, 0.29) is 0 Å². The number of nitrogens with one attached hydrogen (secondary N) is 1. The molecule has 0 aliphatic carbocycles. The number of likely N-dealkylation sites (N-methyl/N-ethyl adjacent to an activating group) is 1. The van der Waals surface area contributed by atoms with Gasteiger partial charge in [-0.15, -0.1) is 0 Å². The summed E-state index contributed by atoms with van der Waals surface area (Å²) in [5.41, 5.74) is 0.873. The van der Waals surface area contributed by atoms with Crippen molar-refractivity contribution < 1.29 is 4.52 Å². The average Bonchev–Trinajstić information content (AvgIpc) is 2.86. The summed E-state index contributed by atoms with van der Waals surface area (Å²) in [6.45, 7) is 4.41. The molecule has 0 aliphatic rings. The summed E-state index contributed by atoms with van der Waals surface area (Å²) in [5, 5.41) is 7.98. The fourth-order valence-electron chi connectivity index (χ4n) is 2.17. The highest BCUT2D eigenvalue weighted by atomic mass is 35.5. The van der Waals surface area contributed by atoms with Crippen molar-refractivity contribution in [2.45, 2.75) is 32.7 Å². The van der Waals surface area contributed by atoms with Gasteiger partial charge in [-0.25, -0.2) is 0 Å². The third-order valence-electron chi connectivity index (χ3n) is 3.14. The highest BCUT2D eigenvalue weighted by Gasteiger charge is 2.15. The topological polar surface area (TPSA) is 51.0 Å². The van der Waals surface area contributed by atoms with Crippen molar-refractivity contribution in [2.75, 3.05) is 7.05 Å². The average molecular weight is 294 g/mol. The summed E-state index contributed by atoms with van der Waals surface area (Å²) in [4.78, 5) is 4.44. The van der Waals surface area contributed by atoms with Crippen LogP contribution < -0.4 is 5.32 Å². The number of rotatable bonds is 6. The van der Waals surface area contributed by atoms with Gasteiger partial charge in [-0.05, 0) is 31.5 Å². The van der Waals surface area contributed by atoms with Crippen molar-refractivity contribution in [1.29, 1.82) is 0 Å². The largest absolute Gasteiger partial charge is 0.339 e. The molecule has 1 heterocycles. The molecule has 0 radical (unpaired) electrons. The van der Waals surface area contributed by atoms with E-state index in [2.05, 4.69) is 29.3 Å². The first kappa shape index (κ1) is 15.0. The first-order valence-corrected chi connectivity index (χ1v) is 7.22. The maximum atomic E-state index is 5.97. The molecule has 1 unspecified atom stereocenters.